The molecule has 1 saturated heterocycles. The first kappa shape index (κ1) is 24.1. The standard InChI is InChI=1S/C23H27F3N8O2/c1-13(2)20-30-31-21-29-19(28-10-14-7-15(23(24,25)26)9-16(27)8-14)17-11-33(12-18(17)34(20)21)22(35)32-3-5-36-6-4-32/h7-9,13H,3-6,10-12,27H2,1-2H3,(H,28,29,31). The van der Waals surface area contributed by atoms with E-state index in [0.717, 1.165) is 29.2 Å². The van der Waals surface area contributed by atoms with E-state index in [1.165, 1.54) is 6.07 Å². The average molecular weight is 505 g/mol. The lowest BCUT2D eigenvalue weighted by Gasteiger charge is -2.30. The topological polar surface area (TPSA) is 114 Å². The van der Waals surface area contributed by atoms with Crippen LogP contribution < -0.4 is 11.1 Å². The zero-order valence-electron chi connectivity index (χ0n) is 20.0. The first-order chi connectivity index (χ1) is 17.1. The number of carbonyl (C=O) groups excluding carboxylic acids is 1. The van der Waals surface area contributed by atoms with E-state index in [1.54, 1.807) is 9.80 Å². The Labute approximate surface area is 205 Å². The van der Waals surface area contributed by atoms with Crippen molar-refractivity contribution in [3.05, 3.63) is 46.4 Å². The fraction of sp³-hybridized carbons (Fsp3) is 0.478. The summed E-state index contributed by atoms with van der Waals surface area (Å²) in [5.74, 6) is 1.62. The molecule has 2 aromatic heterocycles. The number of anilines is 2. The van der Waals surface area contributed by atoms with Gasteiger partial charge in [0.2, 0.25) is 0 Å². The van der Waals surface area contributed by atoms with Crippen molar-refractivity contribution < 1.29 is 22.7 Å². The Bertz CT molecular complexity index is 1300. The quantitative estimate of drug-likeness (QED) is 0.525. The van der Waals surface area contributed by atoms with Crippen molar-refractivity contribution in [3.8, 4) is 0 Å². The van der Waals surface area contributed by atoms with Crippen LogP contribution in [0.3, 0.4) is 0 Å². The van der Waals surface area contributed by atoms with E-state index >= 15 is 0 Å². The number of alkyl halides is 3. The van der Waals surface area contributed by atoms with Gasteiger partial charge >= 0.3 is 12.2 Å². The molecule has 2 aliphatic rings. The number of hydrogen-bond acceptors (Lipinski definition) is 7. The molecule has 0 unspecified atom stereocenters. The number of halogens is 3. The Morgan fingerprint density at radius 2 is 1.89 bits per heavy atom. The number of nitrogens with zero attached hydrogens (tertiary/aromatic N) is 6. The molecule has 0 radical (unpaired) electrons. The summed E-state index contributed by atoms with van der Waals surface area (Å²) < 4.78 is 47.0. The molecule has 192 valence electrons. The first-order valence-electron chi connectivity index (χ1n) is 11.7. The van der Waals surface area contributed by atoms with Crippen molar-refractivity contribution in [3.63, 3.8) is 0 Å². The third-order valence-electron chi connectivity index (χ3n) is 6.35. The minimum atomic E-state index is -4.50. The number of carbonyl (C=O) groups is 1. The number of urea groups is 1. The summed E-state index contributed by atoms with van der Waals surface area (Å²) in [5, 5.41) is 11.7. The van der Waals surface area contributed by atoms with Gasteiger partial charge in [-0.3, -0.25) is 4.40 Å². The Morgan fingerprint density at radius 3 is 2.58 bits per heavy atom. The molecule has 0 spiro atoms. The van der Waals surface area contributed by atoms with Crippen LogP contribution in [0, 0.1) is 0 Å². The largest absolute Gasteiger partial charge is 0.416 e. The minimum absolute atomic E-state index is 0.0246. The van der Waals surface area contributed by atoms with Crippen LogP contribution in [0.2, 0.25) is 0 Å². The molecule has 2 aliphatic heterocycles. The van der Waals surface area contributed by atoms with Crippen LogP contribution in [-0.4, -0.2) is 61.7 Å². The first-order valence-corrected chi connectivity index (χ1v) is 11.7. The van der Waals surface area contributed by atoms with Crippen LogP contribution in [0.5, 0.6) is 0 Å². The van der Waals surface area contributed by atoms with Crippen LogP contribution in [0.25, 0.3) is 5.78 Å². The zero-order valence-corrected chi connectivity index (χ0v) is 20.0. The van der Waals surface area contributed by atoms with Gasteiger partial charge in [-0.2, -0.15) is 18.2 Å². The van der Waals surface area contributed by atoms with Crippen molar-refractivity contribution in [2.75, 3.05) is 37.4 Å². The smallest absolute Gasteiger partial charge is 0.399 e. The van der Waals surface area contributed by atoms with Crippen LogP contribution in [0.1, 0.15) is 48.0 Å². The summed E-state index contributed by atoms with van der Waals surface area (Å²) >= 11 is 0. The summed E-state index contributed by atoms with van der Waals surface area (Å²) in [4.78, 5) is 21.3. The molecule has 5 rings (SSSR count). The van der Waals surface area contributed by atoms with Gasteiger partial charge in [0.15, 0.2) is 0 Å². The molecule has 0 bridgehead atoms. The number of rotatable bonds is 4. The lowest BCUT2D eigenvalue weighted by molar-refractivity contribution is -0.137. The van der Waals surface area contributed by atoms with Crippen molar-refractivity contribution in [1.82, 2.24) is 29.4 Å². The number of nitrogen functional groups attached to an aromatic ring is 1. The second kappa shape index (κ2) is 9.12. The number of aromatic nitrogens is 4. The van der Waals surface area contributed by atoms with Crippen molar-refractivity contribution in [2.45, 2.75) is 45.6 Å². The Hall–Kier alpha value is -3.61. The SMILES string of the molecule is CC(C)c1nnc2nc(NCc3cc(N)cc(C(F)(F)F)c3)c3c(n12)CN(C(=O)N1CCOCC1)C3. The fourth-order valence-corrected chi connectivity index (χ4v) is 4.60. The maximum Gasteiger partial charge on any atom is 0.416 e. The van der Waals surface area contributed by atoms with Crippen molar-refractivity contribution in [1.29, 1.82) is 0 Å². The molecule has 0 aliphatic carbocycles. The number of morpholine rings is 1. The van der Waals surface area contributed by atoms with E-state index in [0.29, 0.717) is 56.6 Å². The second-order valence-electron chi connectivity index (χ2n) is 9.29. The highest BCUT2D eigenvalue weighted by Gasteiger charge is 2.34. The van der Waals surface area contributed by atoms with E-state index in [9.17, 15) is 18.0 Å². The summed E-state index contributed by atoms with van der Waals surface area (Å²) in [7, 11) is 0. The average Bonchev–Trinajstić information content (AvgIpc) is 3.46. The molecule has 1 aromatic carbocycles. The van der Waals surface area contributed by atoms with Crippen LogP contribution in [0.15, 0.2) is 18.2 Å². The third kappa shape index (κ3) is 4.50. The number of fused-ring (bicyclic) bond motifs is 3. The van der Waals surface area contributed by atoms with Gasteiger partial charge in [-0.15, -0.1) is 10.2 Å². The highest BCUT2D eigenvalue weighted by Crippen LogP contribution is 2.33. The summed E-state index contributed by atoms with van der Waals surface area (Å²) in [6, 6.07) is 3.36. The Balaban J connectivity index is 1.48. The lowest BCUT2D eigenvalue weighted by Crippen LogP contribution is -2.46. The van der Waals surface area contributed by atoms with Crippen molar-refractivity contribution in [2.24, 2.45) is 0 Å². The van der Waals surface area contributed by atoms with Gasteiger partial charge in [-0.1, -0.05) is 13.8 Å². The number of nitrogens with one attached hydrogen (secondary N) is 1. The maximum atomic E-state index is 13.2. The van der Waals surface area contributed by atoms with Crippen LogP contribution in [0.4, 0.5) is 29.5 Å². The van der Waals surface area contributed by atoms with Gasteiger partial charge in [-0.05, 0) is 23.8 Å². The fourth-order valence-electron chi connectivity index (χ4n) is 4.60. The molecular formula is C23H27F3N8O2. The number of ether oxygens (including phenoxy) is 1. The van der Waals surface area contributed by atoms with E-state index in [2.05, 4.69) is 20.5 Å². The van der Waals surface area contributed by atoms with Crippen LogP contribution in [-0.2, 0) is 30.5 Å². The molecular weight excluding hydrogens is 477 g/mol. The van der Waals surface area contributed by atoms with Gasteiger partial charge in [0.1, 0.15) is 11.6 Å². The molecule has 0 atom stereocenters. The van der Waals surface area contributed by atoms with E-state index in [-0.39, 0.29) is 24.2 Å². The van der Waals surface area contributed by atoms with E-state index in [1.807, 2.05) is 18.2 Å². The lowest BCUT2D eigenvalue weighted by atomic mass is 10.1. The molecule has 0 saturated carbocycles. The monoisotopic (exact) mass is 504 g/mol. The Morgan fingerprint density at radius 1 is 1.14 bits per heavy atom. The number of amides is 2. The zero-order chi connectivity index (χ0) is 25.6. The highest BCUT2D eigenvalue weighted by atomic mass is 19.4. The molecule has 13 heteroatoms. The number of nitrogens with two attached hydrogens (primary N) is 1. The van der Waals surface area contributed by atoms with E-state index < -0.39 is 11.7 Å². The van der Waals surface area contributed by atoms with Gasteiger partial charge < -0.3 is 25.6 Å². The number of benzene rings is 1. The predicted molar refractivity (Wildman–Crippen MR) is 125 cm³/mol. The summed E-state index contributed by atoms with van der Waals surface area (Å²) in [5.41, 5.74) is 6.91. The normalized spacial score (nSPS) is 16.2. The minimum Gasteiger partial charge on any atom is -0.399 e. The van der Waals surface area contributed by atoms with Crippen LogP contribution >= 0.6 is 0 Å². The maximum absolute atomic E-state index is 13.2. The number of hydrogen-bond donors (Lipinski definition) is 2. The molecule has 2 amide bonds. The molecule has 3 N–H and O–H groups in total. The summed E-state index contributed by atoms with van der Waals surface area (Å²) in [6.45, 7) is 6.73. The van der Waals surface area contributed by atoms with E-state index in [4.69, 9.17) is 10.5 Å². The molecule has 36 heavy (non-hydrogen) atoms. The Kier molecular flexibility index (Phi) is 6.10. The van der Waals surface area contributed by atoms with Gasteiger partial charge in [0.25, 0.3) is 5.78 Å². The van der Waals surface area contributed by atoms with Gasteiger partial charge in [-0.25, -0.2) is 4.79 Å². The molecule has 1 fully saturated rings. The summed E-state index contributed by atoms with van der Waals surface area (Å²) in [6.07, 6.45) is -4.50. The van der Waals surface area contributed by atoms with Gasteiger partial charge in [0.05, 0.1) is 37.6 Å². The predicted octanol–water partition coefficient (Wildman–Crippen LogP) is 3.23. The third-order valence-corrected chi connectivity index (χ3v) is 6.35. The highest BCUT2D eigenvalue weighted by molar-refractivity contribution is 5.76. The molecule has 3 aromatic rings. The molecule has 10 nitrogen and oxygen atoms in total. The van der Waals surface area contributed by atoms with Crippen molar-refractivity contribution >= 4 is 23.3 Å². The molecule has 4 heterocycles. The van der Waals surface area contributed by atoms with Gasteiger partial charge in [0, 0.05) is 36.8 Å². The second-order valence-corrected chi connectivity index (χ2v) is 9.29.